The van der Waals surface area contributed by atoms with Crippen LogP contribution in [0.2, 0.25) is 0 Å². The molecular formula is C6H8CdN6O4. The third-order valence-electron chi connectivity index (χ3n) is 0.589. The van der Waals surface area contributed by atoms with Crippen LogP contribution in [0.3, 0.4) is 0 Å². The van der Waals surface area contributed by atoms with Crippen molar-refractivity contribution < 1.29 is 37.2 Å². The predicted molar refractivity (Wildman–Crippen MR) is 50.5 cm³/mol. The molecule has 11 heteroatoms. The smallest absolute Gasteiger partial charge is 0.481 e. The Hall–Kier alpha value is -1.73. The van der Waals surface area contributed by atoms with Crippen molar-refractivity contribution in [1.82, 2.24) is 30.8 Å². The largest absolute Gasteiger partial charge is 2.00 e. The van der Waals surface area contributed by atoms with Crippen LogP contribution in [0.25, 0.3) is 0 Å². The molecule has 0 amide bonds. The van der Waals surface area contributed by atoms with Crippen LogP contribution in [0.4, 0.5) is 0 Å². The number of hydrogen-bond donors (Lipinski definition) is 3. The molecule has 0 aliphatic heterocycles. The molecule has 0 radical (unpaired) electrons. The summed E-state index contributed by atoms with van der Waals surface area (Å²) in [6, 6.07) is 0. The number of nitrogens with one attached hydrogen (secondary N) is 2. The standard InChI is InChI=1S/2C2H2N3.C2H4O2.Cd.O2/c2*1-2-4-5-3-1;1-2(3)4;;1-2/h2*1H,(H,3,4,5);1H3,(H,3,4);;/q2*-1;;+2;. The van der Waals surface area contributed by atoms with Gasteiger partial charge in [0.2, 0.25) is 0 Å². The van der Waals surface area contributed by atoms with Gasteiger partial charge < -0.3 is 37.9 Å². The molecule has 0 saturated carbocycles. The van der Waals surface area contributed by atoms with E-state index in [-0.39, 0.29) is 27.3 Å². The van der Waals surface area contributed by atoms with E-state index in [2.05, 4.69) is 43.2 Å². The molecule has 0 aliphatic carbocycles. The number of carbonyl (C=O) groups is 1. The summed E-state index contributed by atoms with van der Waals surface area (Å²) in [5, 5.41) is 25.5. The molecule has 0 atom stereocenters. The van der Waals surface area contributed by atoms with Crippen LogP contribution < -0.4 is 0 Å². The molecule has 2 rings (SSSR count). The van der Waals surface area contributed by atoms with Gasteiger partial charge in [0.15, 0.2) is 0 Å². The Labute approximate surface area is 116 Å². The zero-order chi connectivity index (χ0) is 12.6. The molecular weight excluding hydrogens is 333 g/mol. The molecule has 0 fully saturated rings. The van der Waals surface area contributed by atoms with Gasteiger partial charge in [-0.3, -0.25) is 4.79 Å². The molecule has 2 aromatic rings. The fraction of sp³-hybridized carbons (Fsp3) is 0.167. The summed E-state index contributed by atoms with van der Waals surface area (Å²) < 4.78 is 0. The van der Waals surface area contributed by atoms with E-state index in [1.54, 1.807) is 0 Å². The Kier molecular flexibility index (Phi) is 24.0. The van der Waals surface area contributed by atoms with E-state index in [4.69, 9.17) is 19.8 Å². The summed E-state index contributed by atoms with van der Waals surface area (Å²) in [5.41, 5.74) is 0. The van der Waals surface area contributed by atoms with Gasteiger partial charge in [0, 0.05) is 16.9 Å². The molecule has 0 bridgehead atoms. The third-order valence-corrected chi connectivity index (χ3v) is 0.589. The second-order valence-corrected chi connectivity index (χ2v) is 1.72. The van der Waals surface area contributed by atoms with Crippen LogP contribution in [0, 0.1) is 22.3 Å². The Morgan fingerprint density at radius 1 is 1.12 bits per heavy atom. The number of carboxylic acids is 1. The van der Waals surface area contributed by atoms with Gasteiger partial charge in [-0.2, -0.15) is 0 Å². The van der Waals surface area contributed by atoms with Crippen molar-refractivity contribution in [2.75, 3.05) is 0 Å². The summed E-state index contributed by atoms with van der Waals surface area (Å²) in [7, 11) is 0. The van der Waals surface area contributed by atoms with Crippen LogP contribution in [0.1, 0.15) is 6.92 Å². The van der Waals surface area contributed by atoms with Crippen molar-refractivity contribution in [3.63, 3.8) is 0 Å². The van der Waals surface area contributed by atoms with E-state index in [0.29, 0.717) is 0 Å². The number of nitrogens with zero attached hydrogens (tertiary/aromatic N) is 4. The van der Waals surface area contributed by atoms with Crippen molar-refractivity contribution in [2.24, 2.45) is 0 Å². The fourth-order valence-corrected chi connectivity index (χ4v) is 0.289. The SMILES string of the molecule is CC(=O)O.O=O.[Cd+2].[c-]1c[nH]nn1.[c-]1c[nH]nn1. The minimum atomic E-state index is -0.833. The van der Waals surface area contributed by atoms with E-state index in [0.717, 1.165) is 6.92 Å². The molecule has 10 nitrogen and oxygen atoms in total. The fourth-order valence-electron chi connectivity index (χ4n) is 0.289. The van der Waals surface area contributed by atoms with Gasteiger partial charge in [0.1, 0.15) is 0 Å². The average molecular weight is 341 g/mol. The van der Waals surface area contributed by atoms with E-state index >= 15 is 0 Å². The molecule has 2 aromatic heterocycles. The zero-order valence-corrected chi connectivity index (χ0v) is 12.9. The summed E-state index contributed by atoms with van der Waals surface area (Å²) in [6.07, 6.45) is 7.94. The molecule has 17 heavy (non-hydrogen) atoms. The number of rotatable bonds is 0. The Bertz CT molecular complexity index is 250. The van der Waals surface area contributed by atoms with Gasteiger partial charge >= 0.3 is 27.3 Å². The second-order valence-electron chi connectivity index (χ2n) is 1.72. The van der Waals surface area contributed by atoms with Crippen LogP contribution >= 0.6 is 0 Å². The van der Waals surface area contributed by atoms with Gasteiger partial charge in [0.25, 0.3) is 5.97 Å². The molecule has 0 aromatic carbocycles. The molecule has 0 aliphatic rings. The summed E-state index contributed by atoms with van der Waals surface area (Å²) in [4.78, 5) is 23.0. The topological polar surface area (TPSA) is 155 Å². The van der Waals surface area contributed by atoms with Crippen molar-refractivity contribution >= 4 is 5.97 Å². The molecule has 88 valence electrons. The minimum absolute atomic E-state index is 0. The molecule has 2 heterocycles. The molecule has 3 N–H and O–H groups in total. The molecule has 0 saturated heterocycles. The number of aromatic amines is 2. The average Bonchev–Trinajstić information content (AvgIpc) is 2.99. The van der Waals surface area contributed by atoms with Crippen molar-refractivity contribution in [2.45, 2.75) is 6.92 Å². The van der Waals surface area contributed by atoms with Crippen LogP contribution in [0.15, 0.2) is 12.4 Å². The maximum Gasteiger partial charge on any atom is 2.00 e. The summed E-state index contributed by atoms with van der Waals surface area (Å²) in [6.45, 7) is 1.08. The first-order valence-corrected chi connectivity index (χ1v) is 3.54. The number of aromatic nitrogens is 6. The van der Waals surface area contributed by atoms with Gasteiger partial charge in [-0.1, -0.05) is 0 Å². The van der Waals surface area contributed by atoms with Crippen LogP contribution in [-0.2, 0) is 32.1 Å². The monoisotopic (exact) mass is 342 g/mol. The number of aliphatic carboxylic acids is 1. The number of carboxylic acid groups (broad SMARTS) is 1. The van der Waals surface area contributed by atoms with E-state index in [1.165, 1.54) is 12.4 Å². The second kappa shape index (κ2) is 19.8. The van der Waals surface area contributed by atoms with Crippen LogP contribution in [-0.4, -0.2) is 41.9 Å². The summed E-state index contributed by atoms with van der Waals surface area (Å²) in [5.74, 6) is -0.833. The first-order valence-electron chi connectivity index (χ1n) is 3.54. The van der Waals surface area contributed by atoms with Gasteiger partial charge in [0.05, 0.1) is 0 Å². The predicted octanol–water partition coefficient (Wildman–Crippen LogP) is -0.635. The minimum Gasteiger partial charge on any atom is -0.481 e. The molecule has 0 spiro atoms. The van der Waals surface area contributed by atoms with Gasteiger partial charge in [-0.05, 0) is 0 Å². The molecule has 0 unspecified atom stereocenters. The quantitative estimate of drug-likeness (QED) is 0.422. The number of hydrogen-bond acceptors (Lipinski definition) is 7. The van der Waals surface area contributed by atoms with Crippen molar-refractivity contribution in [3.8, 4) is 0 Å². The first kappa shape index (κ1) is 20.7. The maximum atomic E-state index is 9.00. The Morgan fingerprint density at radius 2 is 1.41 bits per heavy atom. The zero-order valence-electron chi connectivity index (χ0n) is 8.82. The van der Waals surface area contributed by atoms with E-state index in [9.17, 15) is 0 Å². The van der Waals surface area contributed by atoms with Crippen molar-refractivity contribution in [1.29, 1.82) is 0 Å². The Balaban J connectivity index is -0.000000158. The summed E-state index contributed by atoms with van der Waals surface area (Å²) >= 11 is 0. The van der Waals surface area contributed by atoms with Crippen molar-refractivity contribution in [3.05, 3.63) is 34.7 Å². The third kappa shape index (κ3) is 31.4. The van der Waals surface area contributed by atoms with Crippen LogP contribution in [0.5, 0.6) is 0 Å². The van der Waals surface area contributed by atoms with Gasteiger partial charge in [-0.25, -0.2) is 0 Å². The van der Waals surface area contributed by atoms with Gasteiger partial charge in [-0.15, -0.1) is 22.8 Å². The van der Waals surface area contributed by atoms with E-state index < -0.39 is 5.97 Å². The Morgan fingerprint density at radius 3 is 1.47 bits per heavy atom. The normalized spacial score (nSPS) is 6.41. The maximum absolute atomic E-state index is 9.00. The first-order chi connectivity index (χ1) is 7.73. The number of H-pyrrole nitrogens is 2. The van der Waals surface area contributed by atoms with E-state index in [1.807, 2.05) is 0 Å².